The van der Waals surface area contributed by atoms with Gasteiger partial charge in [0, 0.05) is 30.0 Å². The van der Waals surface area contributed by atoms with E-state index in [4.69, 9.17) is 10.1 Å². The number of unbranched alkanes of at least 4 members (excludes halogenated alkanes) is 1. The van der Waals surface area contributed by atoms with Gasteiger partial charge in [0.1, 0.15) is 11.4 Å². The predicted octanol–water partition coefficient (Wildman–Crippen LogP) is 5.26. The number of hydrogen-bond donors (Lipinski definition) is 3. The first-order valence-corrected chi connectivity index (χ1v) is 11.6. The van der Waals surface area contributed by atoms with Crippen molar-refractivity contribution < 1.29 is 22.7 Å². The molecule has 0 unspecified atom stereocenters. The predicted molar refractivity (Wildman–Crippen MR) is 116 cm³/mol. The number of hydrogen-bond acceptors (Lipinski definition) is 6. The number of methoxy groups -OCH3 is 1. The highest BCUT2D eigenvalue weighted by molar-refractivity contribution is 8.76. The molecule has 0 aliphatic rings. The Kier molecular flexibility index (Phi) is 11.7. The molecular formula is C19H26F3N3O2S2. The molecule has 3 N–H and O–H groups in total. The highest BCUT2D eigenvalue weighted by Gasteiger charge is 2.38. The lowest BCUT2D eigenvalue weighted by Crippen LogP contribution is -2.32. The number of carbonyl (C=O) groups is 1. The van der Waals surface area contributed by atoms with Crippen LogP contribution in [0.4, 0.5) is 18.9 Å². The number of alkyl halides is 3. The van der Waals surface area contributed by atoms with Gasteiger partial charge in [0.15, 0.2) is 0 Å². The van der Waals surface area contributed by atoms with Crippen molar-refractivity contribution >= 4 is 39.4 Å². The molecule has 1 amide bonds. The van der Waals surface area contributed by atoms with E-state index >= 15 is 0 Å². The molecule has 0 saturated heterocycles. The third-order valence-corrected chi connectivity index (χ3v) is 6.31. The van der Waals surface area contributed by atoms with Crippen LogP contribution < -0.4 is 15.4 Å². The first-order valence-electron chi connectivity index (χ1n) is 9.09. The highest BCUT2D eigenvalue weighted by atomic mass is 33.1. The van der Waals surface area contributed by atoms with Crippen molar-refractivity contribution in [2.75, 3.05) is 30.5 Å². The molecular weight excluding hydrogens is 423 g/mol. The van der Waals surface area contributed by atoms with Gasteiger partial charge < -0.3 is 20.8 Å². The van der Waals surface area contributed by atoms with Gasteiger partial charge in [0.25, 0.3) is 5.91 Å². The molecule has 29 heavy (non-hydrogen) atoms. The van der Waals surface area contributed by atoms with E-state index in [0.29, 0.717) is 18.4 Å². The lowest BCUT2D eigenvalue weighted by molar-refractivity contribution is -0.118. The maximum Gasteiger partial charge on any atom is 0.432 e. The smallest absolute Gasteiger partial charge is 0.432 e. The second kappa shape index (κ2) is 13.4. The third-order valence-electron chi connectivity index (χ3n) is 3.61. The Morgan fingerprint density at radius 3 is 2.38 bits per heavy atom. The molecule has 0 spiro atoms. The minimum absolute atomic E-state index is 0.131. The molecule has 1 aromatic carbocycles. The molecule has 0 aliphatic carbocycles. The summed E-state index contributed by atoms with van der Waals surface area (Å²) in [7, 11) is 4.99. The van der Waals surface area contributed by atoms with E-state index in [1.807, 2.05) is 0 Å². The zero-order valence-electron chi connectivity index (χ0n) is 16.4. The van der Waals surface area contributed by atoms with Gasteiger partial charge in [-0.05, 0) is 43.5 Å². The molecule has 10 heteroatoms. The van der Waals surface area contributed by atoms with Gasteiger partial charge in [0.2, 0.25) is 0 Å². The van der Waals surface area contributed by atoms with Gasteiger partial charge in [-0.1, -0.05) is 28.5 Å². The minimum atomic E-state index is -4.82. The first kappa shape index (κ1) is 25.2. The summed E-state index contributed by atoms with van der Waals surface area (Å²) in [4.78, 5) is 12.2. The fourth-order valence-corrected chi connectivity index (χ4v) is 4.43. The number of allylic oxidation sites excluding steroid dienone is 1. The summed E-state index contributed by atoms with van der Waals surface area (Å²) >= 11 is 0. The summed E-state index contributed by atoms with van der Waals surface area (Å²) in [5.74, 6) is 1.56. The average Bonchev–Trinajstić information content (AvgIpc) is 2.69. The van der Waals surface area contributed by atoms with Crippen LogP contribution in [0.1, 0.15) is 26.2 Å². The SMILES string of the molecule is CCCSSCCCCNC(=O)/C(C=N)=C(/Nc1ccc(OC)cc1)C(F)(F)F. The van der Waals surface area contributed by atoms with Crippen LogP contribution in [0.15, 0.2) is 35.5 Å². The van der Waals surface area contributed by atoms with Crippen molar-refractivity contribution in [1.29, 1.82) is 5.41 Å². The molecule has 162 valence electrons. The number of amides is 1. The van der Waals surface area contributed by atoms with Crippen molar-refractivity contribution in [2.45, 2.75) is 32.4 Å². The second-order valence-corrected chi connectivity index (χ2v) is 8.59. The maximum absolute atomic E-state index is 13.5. The average molecular weight is 450 g/mol. The fraction of sp³-hybridized carbons (Fsp3) is 0.474. The standard InChI is InChI=1S/C19H26F3N3O2S2/c1-3-11-28-29-12-5-4-10-24-18(26)16(13-23)17(19(20,21)22)25-14-6-8-15(27-2)9-7-14/h6-9,13,23,25H,3-5,10-12H2,1-2H3,(H,24,26)/b17-16+,23-13?. The van der Waals surface area contributed by atoms with Crippen LogP contribution >= 0.6 is 21.6 Å². The quantitative estimate of drug-likeness (QED) is 0.166. The summed E-state index contributed by atoms with van der Waals surface area (Å²) in [5, 5.41) is 12.0. The van der Waals surface area contributed by atoms with Crippen LogP contribution in [0.5, 0.6) is 5.75 Å². The molecule has 0 aromatic heterocycles. The van der Waals surface area contributed by atoms with Crippen molar-refractivity contribution in [3.05, 3.63) is 35.5 Å². The van der Waals surface area contributed by atoms with Crippen molar-refractivity contribution in [2.24, 2.45) is 0 Å². The summed E-state index contributed by atoms with van der Waals surface area (Å²) in [6, 6.07) is 5.80. The third kappa shape index (κ3) is 9.49. The van der Waals surface area contributed by atoms with Crippen molar-refractivity contribution in [3.63, 3.8) is 0 Å². The largest absolute Gasteiger partial charge is 0.497 e. The van der Waals surface area contributed by atoms with Crippen LogP contribution in [0.2, 0.25) is 0 Å². The van der Waals surface area contributed by atoms with E-state index in [1.165, 1.54) is 31.4 Å². The Hall–Kier alpha value is -1.81. The van der Waals surface area contributed by atoms with Crippen LogP contribution in [-0.4, -0.2) is 43.5 Å². The summed E-state index contributed by atoms with van der Waals surface area (Å²) < 4.78 is 45.5. The zero-order chi connectivity index (χ0) is 21.7. The monoisotopic (exact) mass is 449 g/mol. The topological polar surface area (TPSA) is 74.2 Å². The molecule has 0 aliphatic heterocycles. The van der Waals surface area contributed by atoms with Crippen LogP contribution in [-0.2, 0) is 4.79 Å². The van der Waals surface area contributed by atoms with Gasteiger partial charge in [-0.3, -0.25) is 4.79 Å². The molecule has 0 fully saturated rings. The van der Waals surface area contributed by atoms with E-state index in [-0.39, 0.29) is 12.2 Å². The lowest BCUT2D eigenvalue weighted by Gasteiger charge is -2.17. The summed E-state index contributed by atoms with van der Waals surface area (Å²) in [6.45, 7) is 2.36. The summed E-state index contributed by atoms with van der Waals surface area (Å²) in [5.41, 5.74) is -1.91. The Bertz CT molecular complexity index is 680. The molecule has 0 radical (unpaired) electrons. The van der Waals surface area contributed by atoms with E-state index in [0.717, 1.165) is 24.3 Å². The molecule has 1 aromatic rings. The number of anilines is 1. The number of halogens is 3. The van der Waals surface area contributed by atoms with E-state index in [1.54, 1.807) is 21.6 Å². The number of carbonyl (C=O) groups excluding carboxylic acids is 1. The summed E-state index contributed by atoms with van der Waals surface area (Å²) in [6.07, 6.45) is -1.78. The normalized spacial score (nSPS) is 12.2. The fourth-order valence-electron chi connectivity index (χ4n) is 2.15. The number of ether oxygens (including phenoxy) is 1. The maximum atomic E-state index is 13.5. The molecule has 1 rings (SSSR count). The van der Waals surface area contributed by atoms with Gasteiger partial charge in [0.05, 0.1) is 12.7 Å². The number of benzene rings is 1. The highest BCUT2D eigenvalue weighted by Crippen LogP contribution is 2.30. The van der Waals surface area contributed by atoms with Gasteiger partial charge in [-0.25, -0.2) is 0 Å². The molecule has 0 atom stereocenters. The van der Waals surface area contributed by atoms with E-state index in [9.17, 15) is 18.0 Å². The Balaban J connectivity index is 2.73. The van der Waals surface area contributed by atoms with Crippen molar-refractivity contribution in [1.82, 2.24) is 5.32 Å². The van der Waals surface area contributed by atoms with E-state index < -0.39 is 23.4 Å². The lowest BCUT2D eigenvalue weighted by atomic mass is 10.1. The first-order chi connectivity index (χ1) is 13.8. The number of nitrogens with one attached hydrogen (secondary N) is 3. The van der Waals surface area contributed by atoms with Gasteiger partial charge in [-0.15, -0.1) is 0 Å². The molecule has 0 bridgehead atoms. The van der Waals surface area contributed by atoms with Gasteiger partial charge in [-0.2, -0.15) is 13.2 Å². The zero-order valence-corrected chi connectivity index (χ0v) is 18.0. The molecule has 0 heterocycles. The number of rotatable bonds is 13. The minimum Gasteiger partial charge on any atom is -0.497 e. The van der Waals surface area contributed by atoms with Gasteiger partial charge >= 0.3 is 6.18 Å². The van der Waals surface area contributed by atoms with Crippen molar-refractivity contribution in [3.8, 4) is 5.75 Å². The molecule has 0 saturated carbocycles. The Labute approximate surface area is 177 Å². The van der Waals surface area contributed by atoms with Crippen LogP contribution in [0, 0.1) is 5.41 Å². The Morgan fingerprint density at radius 2 is 1.83 bits per heavy atom. The Morgan fingerprint density at radius 1 is 1.17 bits per heavy atom. The molecule has 5 nitrogen and oxygen atoms in total. The van der Waals surface area contributed by atoms with Crippen LogP contribution in [0.3, 0.4) is 0 Å². The second-order valence-electron chi connectivity index (χ2n) is 5.89. The van der Waals surface area contributed by atoms with Crippen LogP contribution in [0.25, 0.3) is 0 Å². The van der Waals surface area contributed by atoms with E-state index in [2.05, 4.69) is 17.6 Å².